The van der Waals surface area contributed by atoms with E-state index in [1.165, 1.54) is 27.7 Å². The number of benzene rings is 2. The van der Waals surface area contributed by atoms with Crippen LogP contribution in [0.2, 0.25) is 5.02 Å². The highest BCUT2D eigenvalue weighted by molar-refractivity contribution is 6.30. The zero-order chi connectivity index (χ0) is 11.8. The fraction of sp³-hybridized carbons (Fsp3) is 0.0667. The number of halogens is 1. The summed E-state index contributed by atoms with van der Waals surface area (Å²) < 4.78 is 0. The molecule has 3 rings (SSSR count). The molecule has 0 bridgehead atoms. The van der Waals surface area contributed by atoms with Crippen molar-refractivity contribution in [3.63, 3.8) is 0 Å². The van der Waals surface area contributed by atoms with E-state index in [0.29, 0.717) is 0 Å². The van der Waals surface area contributed by atoms with Crippen LogP contribution in [0, 0.1) is 6.92 Å². The molecule has 0 fully saturated rings. The standard InChI is InChI=1S/C15H12ClN/c1-10-13-4-2-3-5-14(13)17-15(10)11-6-8-12(16)9-7-11/h2-9,17H,1H3. The molecule has 0 aliphatic heterocycles. The number of H-pyrrole nitrogens is 1. The van der Waals surface area contributed by atoms with Crippen LogP contribution < -0.4 is 0 Å². The number of aryl methyl sites for hydroxylation is 1. The van der Waals surface area contributed by atoms with Gasteiger partial charge in [-0.1, -0.05) is 41.9 Å². The van der Waals surface area contributed by atoms with Crippen molar-refractivity contribution in [2.24, 2.45) is 0 Å². The van der Waals surface area contributed by atoms with Gasteiger partial charge in [-0.3, -0.25) is 0 Å². The normalized spacial score (nSPS) is 10.9. The SMILES string of the molecule is Cc1c(-c2ccc(Cl)cc2)[nH]c2ccccc12. The molecule has 0 amide bonds. The molecular weight excluding hydrogens is 230 g/mol. The molecule has 84 valence electrons. The summed E-state index contributed by atoms with van der Waals surface area (Å²) in [6.07, 6.45) is 0. The lowest BCUT2D eigenvalue weighted by molar-refractivity contribution is 1.41. The molecule has 1 aromatic heterocycles. The molecule has 0 saturated carbocycles. The van der Waals surface area contributed by atoms with Crippen LogP contribution in [0.15, 0.2) is 48.5 Å². The van der Waals surface area contributed by atoms with E-state index < -0.39 is 0 Å². The molecule has 17 heavy (non-hydrogen) atoms. The number of nitrogens with one attached hydrogen (secondary N) is 1. The predicted octanol–water partition coefficient (Wildman–Crippen LogP) is 4.80. The maximum atomic E-state index is 5.91. The van der Waals surface area contributed by atoms with Gasteiger partial charge >= 0.3 is 0 Å². The van der Waals surface area contributed by atoms with Crippen molar-refractivity contribution >= 4 is 22.5 Å². The fourth-order valence-electron chi connectivity index (χ4n) is 2.19. The molecule has 0 atom stereocenters. The first-order valence-electron chi connectivity index (χ1n) is 5.59. The first kappa shape index (κ1) is 10.4. The number of hydrogen-bond donors (Lipinski definition) is 1. The van der Waals surface area contributed by atoms with Gasteiger partial charge in [-0.25, -0.2) is 0 Å². The maximum absolute atomic E-state index is 5.91. The summed E-state index contributed by atoms with van der Waals surface area (Å²) in [6, 6.07) is 16.3. The summed E-state index contributed by atoms with van der Waals surface area (Å²) in [5.41, 5.74) is 4.80. The van der Waals surface area contributed by atoms with E-state index in [0.717, 1.165) is 5.02 Å². The number of fused-ring (bicyclic) bond motifs is 1. The number of para-hydroxylation sites is 1. The Bertz CT molecular complexity index is 665. The van der Waals surface area contributed by atoms with Crippen molar-refractivity contribution < 1.29 is 0 Å². The topological polar surface area (TPSA) is 15.8 Å². The Balaban J connectivity index is 2.24. The highest BCUT2D eigenvalue weighted by Crippen LogP contribution is 2.29. The Hall–Kier alpha value is -1.73. The van der Waals surface area contributed by atoms with E-state index in [4.69, 9.17) is 11.6 Å². The van der Waals surface area contributed by atoms with Gasteiger partial charge in [0.2, 0.25) is 0 Å². The molecule has 2 heteroatoms. The average molecular weight is 242 g/mol. The van der Waals surface area contributed by atoms with Gasteiger partial charge in [-0.15, -0.1) is 0 Å². The maximum Gasteiger partial charge on any atom is 0.0494 e. The highest BCUT2D eigenvalue weighted by atomic mass is 35.5. The summed E-state index contributed by atoms with van der Waals surface area (Å²) in [5.74, 6) is 0. The van der Waals surface area contributed by atoms with Gasteiger partial charge in [0.25, 0.3) is 0 Å². The van der Waals surface area contributed by atoms with Gasteiger partial charge in [-0.05, 0) is 36.2 Å². The molecule has 1 heterocycles. The Morgan fingerprint density at radius 3 is 2.35 bits per heavy atom. The lowest BCUT2D eigenvalue weighted by Crippen LogP contribution is -1.79. The third-order valence-corrected chi connectivity index (χ3v) is 3.35. The monoisotopic (exact) mass is 241 g/mol. The molecule has 0 spiro atoms. The van der Waals surface area contributed by atoms with Gasteiger partial charge < -0.3 is 4.98 Å². The second-order valence-electron chi connectivity index (χ2n) is 4.18. The van der Waals surface area contributed by atoms with Crippen LogP contribution >= 0.6 is 11.6 Å². The van der Waals surface area contributed by atoms with Crippen LogP contribution in [-0.2, 0) is 0 Å². The van der Waals surface area contributed by atoms with Gasteiger partial charge in [-0.2, -0.15) is 0 Å². The van der Waals surface area contributed by atoms with Crippen LogP contribution in [0.25, 0.3) is 22.2 Å². The number of rotatable bonds is 1. The second-order valence-corrected chi connectivity index (χ2v) is 4.61. The third-order valence-electron chi connectivity index (χ3n) is 3.10. The summed E-state index contributed by atoms with van der Waals surface area (Å²) in [6.45, 7) is 2.14. The minimum Gasteiger partial charge on any atom is -0.354 e. The van der Waals surface area contributed by atoms with Crippen LogP contribution in [-0.4, -0.2) is 4.98 Å². The molecule has 0 saturated heterocycles. The van der Waals surface area contributed by atoms with E-state index in [1.807, 2.05) is 30.3 Å². The minimum atomic E-state index is 0.766. The predicted molar refractivity (Wildman–Crippen MR) is 73.5 cm³/mol. The van der Waals surface area contributed by atoms with E-state index in [-0.39, 0.29) is 0 Å². The fourth-order valence-corrected chi connectivity index (χ4v) is 2.31. The molecule has 0 aliphatic rings. The molecule has 1 nitrogen and oxygen atoms in total. The summed E-state index contributed by atoms with van der Waals surface area (Å²) in [7, 11) is 0. The Morgan fingerprint density at radius 2 is 1.65 bits per heavy atom. The summed E-state index contributed by atoms with van der Waals surface area (Å²) in [4.78, 5) is 3.46. The van der Waals surface area contributed by atoms with Gasteiger partial charge in [0.15, 0.2) is 0 Å². The molecule has 0 unspecified atom stereocenters. The molecular formula is C15H12ClN. The third kappa shape index (κ3) is 1.73. The van der Waals surface area contributed by atoms with Crippen LogP contribution in [0.4, 0.5) is 0 Å². The zero-order valence-corrected chi connectivity index (χ0v) is 10.3. The lowest BCUT2D eigenvalue weighted by atomic mass is 10.1. The highest BCUT2D eigenvalue weighted by Gasteiger charge is 2.08. The summed E-state index contributed by atoms with van der Waals surface area (Å²) in [5, 5.41) is 2.04. The van der Waals surface area contributed by atoms with Crippen molar-refractivity contribution in [2.45, 2.75) is 6.92 Å². The number of aromatic nitrogens is 1. The van der Waals surface area contributed by atoms with Crippen LogP contribution in [0.5, 0.6) is 0 Å². The van der Waals surface area contributed by atoms with Crippen molar-refractivity contribution in [2.75, 3.05) is 0 Å². The van der Waals surface area contributed by atoms with Gasteiger partial charge in [0.1, 0.15) is 0 Å². The average Bonchev–Trinajstić information content (AvgIpc) is 2.69. The molecule has 0 radical (unpaired) electrons. The second kappa shape index (κ2) is 3.94. The Kier molecular flexibility index (Phi) is 2.41. The number of hydrogen-bond acceptors (Lipinski definition) is 0. The van der Waals surface area contributed by atoms with Crippen molar-refractivity contribution in [1.29, 1.82) is 0 Å². The molecule has 2 aromatic carbocycles. The quantitative estimate of drug-likeness (QED) is 0.630. The first-order valence-corrected chi connectivity index (χ1v) is 5.97. The van der Waals surface area contributed by atoms with E-state index in [2.05, 4.69) is 30.1 Å². The van der Waals surface area contributed by atoms with E-state index >= 15 is 0 Å². The van der Waals surface area contributed by atoms with Gasteiger partial charge in [0, 0.05) is 21.6 Å². The van der Waals surface area contributed by atoms with E-state index in [9.17, 15) is 0 Å². The Labute approximate surface area is 105 Å². The van der Waals surface area contributed by atoms with E-state index in [1.54, 1.807) is 0 Å². The van der Waals surface area contributed by atoms with Gasteiger partial charge in [0.05, 0.1) is 0 Å². The van der Waals surface area contributed by atoms with Crippen LogP contribution in [0.3, 0.4) is 0 Å². The largest absolute Gasteiger partial charge is 0.354 e. The molecule has 3 aromatic rings. The van der Waals surface area contributed by atoms with Crippen molar-refractivity contribution in [1.82, 2.24) is 4.98 Å². The molecule has 0 aliphatic carbocycles. The van der Waals surface area contributed by atoms with Crippen LogP contribution in [0.1, 0.15) is 5.56 Å². The zero-order valence-electron chi connectivity index (χ0n) is 9.50. The molecule has 1 N–H and O–H groups in total. The minimum absolute atomic E-state index is 0.766. The first-order chi connectivity index (χ1) is 8.25. The Morgan fingerprint density at radius 1 is 0.941 bits per heavy atom. The number of aromatic amines is 1. The lowest BCUT2D eigenvalue weighted by Gasteiger charge is -2.00. The summed E-state index contributed by atoms with van der Waals surface area (Å²) >= 11 is 5.91. The van der Waals surface area contributed by atoms with Crippen molar-refractivity contribution in [3.05, 3.63) is 59.1 Å². The smallest absolute Gasteiger partial charge is 0.0494 e. The van der Waals surface area contributed by atoms with Crippen molar-refractivity contribution in [3.8, 4) is 11.3 Å².